The summed E-state index contributed by atoms with van der Waals surface area (Å²) in [5, 5.41) is 0. The summed E-state index contributed by atoms with van der Waals surface area (Å²) >= 11 is 3.28. The molecule has 6 nitrogen and oxygen atoms in total. The van der Waals surface area contributed by atoms with Gasteiger partial charge in [0.1, 0.15) is 37.4 Å². The number of Topliss-reactive ketones (excluding diaryl/α,β-unsaturated/α-hetero) is 1. The van der Waals surface area contributed by atoms with Gasteiger partial charge in [-0.15, -0.1) is 0 Å². The number of pyridine rings is 1. The van der Waals surface area contributed by atoms with Crippen LogP contribution in [0, 0.1) is 5.82 Å². The number of fused-ring (bicyclic) bond motifs is 1. The Morgan fingerprint density at radius 3 is 2.77 bits per heavy atom. The quantitative estimate of drug-likeness (QED) is 0.469. The summed E-state index contributed by atoms with van der Waals surface area (Å²) in [4.78, 5) is 22.0. The number of hydrogen-bond acceptors (Lipinski definition) is 5. The van der Waals surface area contributed by atoms with E-state index in [0.717, 1.165) is 12.8 Å². The van der Waals surface area contributed by atoms with Gasteiger partial charge in [0, 0.05) is 12.1 Å². The molecule has 2 atom stereocenters. The van der Waals surface area contributed by atoms with Crippen molar-refractivity contribution in [3.63, 3.8) is 0 Å². The van der Waals surface area contributed by atoms with E-state index in [4.69, 9.17) is 4.99 Å². The van der Waals surface area contributed by atoms with Crippen LogP contribution in [0.25, 0.3) is 0 Å². The van der Waals surface area contributed by atoms with Crippen molar-refractivity contribution in [2.24, 2.45) is 9.36 Å². The van der Waals surface area contributed by atoms with Crippen molar-refractivity contribution in [1.82, 2.24) is 9.29 Å². The second-order valence-corrected chi connectivity index (χ2v) is 10.7. The predicted octanol–water partition coefficient (Wildman–Crippen LogP) is 4.36. The molecule has 0 N–H and O–H groups in total. The minimum absolute atomic E-state index is 0.0261. The first-order chi connectivity index (χ1) is 14.3. The Labute approximate surface area is 184 Å². The molecule has 0 saturated heterocycles. The first-order valence-corrected chi connectivity index (χ1v) is 12.2. The van der Waals surface area contributed by atoms with E-state index in [-0.39, 0.29) is 23.7 Å². The van der Waals surface area contributed by atoms with E-state index in [1.54, 1.807) is 35.5 Å². The standard InChI is InChI=1S/C21H22BrFN4O2S/c1-21(20-16(23)9-10-18(22)25-20)14-30(29)24-11-5-6-12-27(30)19(26-21)13-17(28)15-7-3-2-4-8-15/h2-4,7-10H,5-6,11-14H2,1H3/t21-,30+/m0/s1. The minimum Gasteiger partial charge on any atom is -0.294 e. The summed E-state index contributed by atoms with van der Waals surface area (Å²) < 4.78 is 35.3. The third-order valence-electron chi connectivity index (χ3n) is 5.28. The molecule has 0 saturated carbocycles. The zero-order chi connectivity index (χ0) is 21.4. The number of amidine groups is 1. The van der Waals surface area contributed by atoms with Crippen molar-refractivity contribution >= 4 is 37.5 Å². The second kappa shape index (κ2) is 8.19. The first kappa shape index (κ1) is 21.1. The van der Waals surface area contributed by atoms with Crippen LogP contribution in [0.5, 0.6) is 0 Å². The molecule has 2 aromatic rings. The Morgan fingerprint density at radius 1 is 1.23 bits per heavy atom. The molecular weight excluding hydrogens is 471 g/mol. The van der Waals surface area contributed by atoms with E-state index in [1.807, 2.05) is 6.07 Å². The molecule has 9 heteroatoms. The van der Waals surface area contributed by atoms with Gasteiger partial charge < -0.3 is 0 Å². The average Bonchev–Trinajstić information content (AvgIpc) is 2.91. The van der Waals surface area contributed by atoms with Crippen LogP contribution in [0.15, 0.2) is 56.4 Å². The summed E-state index contributed by atoms with van der Waals surface area (Å²) in [6, 6.07) is 11.7. The number of halogens is 2. The summed E-state index contributed by atoms with van der Waals surface area (Å²) in [7, 11) is -2.88. The number of aromatic nitrogens is 1. The zero-order valence-electron chi connectivity index (χ0n) is 16.6. The lowest BCUT2D eigenvalue weighted by molar-refractivity contribution is 0.0998. The number of aliphatic imine (C=N–C) groups is 1. The van der Waals surface area contributed by atoms with Crippen LogP contribution in [0.4, 0.5) is 4.39 Å². The van der Waals surface area contributed by atoms with E-state index >= 15 is 0 Å². The van der Waals surface area contributed by atoms with Gasteiger partial charge in [0.25, 0.3) is 0 Å². The van der Waals surface area contributed by atoms with E-state index in [9.17, 15) is 13.4 Å². The molecule has 158 valence electrons. The van der Waals surface area contributed by atoms with Crippen molar-refractivity contribution in [3.05, 3.63) is 64.1 Å². The van der Waals surface area contributed by atoms with E-state index in [0.29, 0.717) is 29.1 Å². The largest absolute Gasteiger partial charge is 0.294 e. The van der Waals surface area contributed by atoms with Crippen LogP contribution in [-0.4, -0.2) is 44.0 Å². The van der Waals surface area contributed by atoms with E-state index in [1.165, 1.54) is 12.1 Å². The molecule has 0 radical (unpaired) electrons. The van der Waals surface area contributed by atoms with Crippen LogP contribution in [-0.2, 0) is 15.5 Å². The molecule has 2 aliphatic heterocycles. The minimum atomic E-state index is -2.88. The van der Waals surface area contributed by atoms with Crippen LogP contribution >= 0.6 is 15.9 Å². The van der Waals surface area contributed by atoms with Gasteiger partial charge in [-0.05, 0) is 47.8 Å². The molecule has 0 amide bonds. The summed E-state index contributed by atoms with van der Waals surface area (Å²) in [5.74, 6) is -0.242. The maximum absolute atomic E-state index is 14.7. The molecule has 1 aromatic carbocycles. The van der Waals surface area contributed by atoms with Gasteiger partial charge in [0.15, 0.2) is 5.78 Å². The molecule has 2 aliphatic rings. The van der Waals surface area contributed by atoms with Gasteiger partial charge in [-0.1, -0.05) is 30.3 Å². The molecule has 0 unspecified atom stereocenters. The zero-order valence-corrected chi connectivity index (χ0v) is 19.0. The first-order valence-electron chi connectivity index (χ1n) is 9.79. The fraction of sp³-hybridized carbons (Fsp3) is 0.381. The third-order valence-corrected chi connectivity index (χ3v) is 8.32. The third kappa shape index (κ3) is 4.05. The molecule has 30 heavy (non-hydrogen) atoms. The highest BCUT2D eigenvalue weighted by Crippen LogP contribution is 2.36. The lowest BCUT2D eigenvalue weighted by Crippen LogP contribution is -2.50. The SMILES string of the molecule is C[C@@]1(c2nc(Br)ccc2F)C[S@@]2(=O)=NCCCCN2C(CC(=O)c2ccccc2)=N1. The number of rotatable bonds is 4. The normalized spacial score (nSPS) is 26.2. The van der Waals surface area contributed by atoms with Crippen molar-refractivity contribution in [2.75, 3.05) is 18.8 Å². The molecular formula is C21H22BrFN4O2S. The average molecular weight is 493 g/mol. The lowest BCUT2D eigenvalue weighted by Gasteiger charge is -2.39. The monoisotopic (exact) mass is 492 g/mol. The highest BCUT2D eigenvalue weighted by molar-refractivity contribution is 9.10. The maximum Gasteiger partial charge on any atom is 0.170 e. The molecule has 3 heterocycles. The smallest absolute Gasteiger partial charge is 0.170 e. The summed E-state index contributed by atoms with van der Waals surface area (Å²) in [6.45, 7) is 2.69. The highest BCUT2D eigenvalue weighted by Gasteiger charge is 2.44. The van der Waals surface area contributed by atoms with Crippen molar-refractivity contribution in [3.8, 4) is 0 Å². The molecule has 0 fully saturated rings. The number of carbonyl (C=O) groups excluding carboxylic acids is 1. The number of hydrogen-bond donors (Lipinski definition) is 0. The predicted molar refractivity (Wildman–Crippen MR) is 118 cm³/mol. The van der Waals surface area contributed by atoms with Crippen molar-refractivity contribution < 1.29 is 13.4 Å². The maximum atomic E-state index is 14.7. The van der Waals surface area contributed by atoms with Crippen LogP contribution in [0.3, 0.4) is 0 Å². The number of carbonyl (C=O) groups is 1. The summed E-state index contributed by atoms with van der Waals surface area (Å²) in [5.41, 5.74) is -0.539. The fourth-order valence-electron chi connectivity index (χ4n) is 3.86. The van der Waals surface area contributed by atoms with Gasteiger partial charge in [-0.3, -0.25) is 14.1 Å². The van der Waals surface area contributed by atoms with E-state index in [2.05, 4.69) is 25.3 Å². The Morgan fingerprint density at radius 2 is 2.00 bits per heavy atom. The van der Waals surface area contributed by atoms with Gasteiger partial charge in [-0.25, -0.2) is 17.9 Å². The Balaban J connectivity index is 1.83. The highest BCUT2D eigenvalue weighted by atomic mass is 79.9. The van der Waals surface area contributed by atoms with Crippen LogP contribution in [0.1, 0.15) is 42.2 Å². The van der Waals surface area contributed by atoms with Crippen molar-refractivity contribution in [1.29, 1.82) is 0 Å². The Kier molecular flexibility index (Phi) is 5.76. The number of nitrogens with zero attached hydrogens (tertiary/aromatic N) is 4. The topological polar surface area (TPSA) is 75.0 Å². The number of benzene rings is 1. The molecule has 1 aromatic heterocycles. The lowest BCUT2D eigenvalue weighted by atomic mass is 9.99. The van der Waals surface area contributed by atoms with Gasteiger partial charge in [0.05, 0.1) is 18.7 Å². The number of ketones is 1. The van der Waals surface area contributed by atoms with Gasteiger partial charge in [0.2, 0.25) is 0 Å². The molecule has 4 rings (SSSR count). The molecule has 0 bridgehead atoms. The molecule has 0 aliphatic carbocycles. The molecule has 0 spiro atoms. The fourth-order valence-corrected chi connectivity index (χ4v) is 6.75. The van der Waals surface area contributed by atoms with Crippen molar-refractivity contribution in [2.45, 2.75) is 31.7 Å². The second-order valence-electron chi connectivity index (χ2n) is 7.65. The Hall–Kier alpha value is -2.13. The van der Waals surface area contributed by atoms with E-state index < -0.39 is 21.3 Å². The van der Waals surface area contributed by atoms with Gasteiger partial charge >= 0.3 is 0 Å². The Bertz CT molecular complexity index is 1130. The van der Waals surface area contributed by atoms with Gasteiger partial charge in [-0.2, -0.15) is 0 Å². The summed E-state index contributed by atoms with van der Waals surface area (Å²) in [6.07, 6.45) is 1.59. The van der Waals surface area contributed by atoms with Crippen LogP contribution < -0.4 is 0 Å². The van der Waals surface area contributed by atoms with Crippen LogP contribution in [0.2, 0.25) is 0 Å².